The second-order valence-electron chi connectivity index (χ2n) is 3.39. The summed E-state index contributed by atoms with van der Waals surface area (Å²) < 4.78 is 5.25. The van der Waals surface area contributed by atoms with Crippen LogP contribution in [0.2, 0.25) is 0 Å². The lowest BCUT2D eigenvalue weighted by Gasteiger charge is -2.17. The number of amides is 1. The quantitative estimate of drug-likeness (QED) is 0.754. The molecule has 5 nitrogen and oxygen atoms in total. The molecule has 0 radical (unpaired) electrons. The highest BCUT2D eigenvalue weighted by atomic mass is 32.1. The third-order valence-electron chi connectivity index (χ3n) is 2.44. The standard InChI is InChI=1S/C9H13N3O2S/c1-14-8-3-10-2-6(8)12-9(13)7-4-15-5-11-7/h4-6,8,10H,2-3H2,1H3,(H,12,13)/t6-,8-/m0/s1. The van der Waals surface area contributed by atoms with Crippen LogP contribution in [-0.2, 0) is 4.74 Å². The molecule has 6 heteroatoms. The Bertz CT molecular complexity index is 328. The monoisotopic (exact) mass is 227 g/mol. The highest BCUT2D eigenvalue weighted by molar-refractivity contribution is 7.07. The lowest BCUT2D eigenvalue weighted by molar-refractivity contribution is 0.0777. The van der Waals surface area contributed by atoms with Crippen LogP contribution in [-0.4, -0.2) is 43.2 Å². The van der Waals surface area contributed by atoms with E-state index in [2.05, 4.69) is 15.6 Å². The minimum atomic E-state index is -0.132. The van der Waals surface area contributed by atoms with Crippen LogP contribution >= 0.6 is 11.3 Å². The maximum absolute atomic E-state index is 11.7. The zero-order valence-corrected chi connectivity index (χ0v) is 9.21. The van der Waals surface area contributed by atoms with Gasteiger partial charge in [-0.15, -0.1) is 11.3 Å². The molecule has 2 N–H and O–H groups in total. The topological polar surface area (TPSA) is 63.2 Å². The third kappa shape index (κ3) is 2.34. The first-order valence-electron chi connectivity index (χ1n) is 4.74. The van der Waals surface area contributed by atoms with Gasteiger partial charge < -0.3 is 15.4 Å². The van der Waals surface area contributed by atoms with Gasteiger partial charge in [-0.3, -0.25) is 4.79 Å². The van der Waals surface area contributed by atoms with Crippen LogP contribution in [0.15, 0.2) is 10.9 Å². The molecule has 82 valence electrons. The maximum atomic E-state index is 11.7. The van der Waals surface area contributed by atoms with Crippen molar-refractivity contribution in [2.45, 2.75) is 12.1 Å². The SMILES string of the molecule is CO[C@H]1CNC[C@@H]1NC(=O)c1cscn1. The molecule has 1 aromatic heterocycles. The van der Waals surface area contributed by atoms with Crippen LogP contribution in [0, 0.1) is 0 Å². The van der Waals surface area contributed by atoms with Gasteiger partial charge in [-0.05, 0) is 0 Å². The van der Waals surface area contributed by atoms with Gasteiger partial charge in [-0.25, -0.2) is 4.98 Å². The molecule has 0 aromatic carbocycles. The molecule has 2 atom stereocenters. The summed E-state index contributed by atoms with van der Waals surface area (Å²) in [5, 5.41) is 7.80. The van der Waals surface area contributed by atoms with Gasteiger partial charge in [0.05, 0.1) is 17.7 Å². The van der Waals surface area contributed by atoms with E-state index in [9.17, 15) is 4.79 Å². The van der Waals surface area contributed by atoms with Gasteiger partial charge >= 0.3 is 0 Å². The zero-order chi connectivity index (χ0) is 10.7. The van der Waals surface area contributed by atoms with E-state index in [1.165, 1.54) is 11.3 Å². The Kier molecular flexibility index (Phi) is 3.30. The number of thiazole rings is 1. The Morgan fingerprint density at radius 3 is 3.27 bits per heavy atom. The first-order chi connectivity index (χ1) is 7.31. The normalized spacial score (nSPS) is 25.4. The molecule has 15 heavy (non-hydrogen) atoms. The average molecular weight is 227 g/mol. The van der Waals surface area contributed by atoms with Crippen molar-refractivity contribution in [3.63, 3.8) is 0 Å². The van der Waals surface area contributed by atoms with Crippen molar-refractivity contribution in [1.29, 1.82) is 0 Å². The fourth-order valence-electron chi connectivity index (χ4n) is 1.61. The zero-order valence-electron chi connectivity index (χ0n) is 8.40. The van der Waals surface area contributed by atoms with E-state index >= 15 is 0 Å². The number of carbonyl (C=O) groups excluding carboxylic acids is 1. The number of carbonyl (C=O) groups is 1. The maximum Gasteiger partial charge on any atom is 0.271 e. The predicted octanol–water partition coefficient (Wildman–Crippen LogP) is -0.140. The number of nitrogens with zero attached hydrogens (tertiary/aromatic N) is 1. The second-order valence-corrected chi connectivity index (χ2v) is 4.10. The number of hydrogen-bond acceptors (Lipinski definition) is 5. The number of aromatic nitrogens is 1. The molecule has 2 heterocycles. The van der Waals surface area contributed by atoms with E-state index < -0.39 is 0 Å². The third-order valence-corrected chi connectivity index (χ3v) is 3.03. The first-order valence-corrected chi connectivity index (χ1v) is 5.68. The van der Waals surface area contributed by atoms with Crippen LogP contribution in [0.25, 0.3) is 0 Å². The number of ether oxygens (including phenoxy) is 1. The highest BCUT2D eigenvalue weighted by Crippen LogP contribution is 2.06. The Morgan fingerprint density at radius 1 is 1.73 bits per heavy atom. The van der Waals surface area contributed by atoms with Crippen molar-refractivity contribution in [2.75, 3.05) is 20.2 Å². The molecular formula is C9H13N3O2S. The first kappa shape index (κ1) is 10.5. The summed E-state index contributed by atoms with van der Waals surface area (Å²) in [6, 6.07) is 0.0317. The van der Waals surface area contributed by atoms with Crippen molar-refractivity contribution >= 4 is 17.2 Å². The van der Waals surface area contributed by atoms with E-state index in [1.807, 2.05) is 0 Å². The molecule has 0 spiro atoms. The predicted molar refractivity (Wildman–Crippen MR) is 57.0 cm³/mol. The van der Waals surface area contributed by atoms with E-state index in [4.69, 9.17) is 4.74 Å². The van der Waals surface area contributed by atoms with Gasteiger partial charge in [0, 0.05) is 25.6 Å². The summed E-state index contributed by atoms with van der Waals surface area (Å²) >= 11 is 1.41. The van der Waals surface area contributed by atoms with Gasteiger partial charge in [-0.2, -0.15) is 0 Å². The summed E-state index contributed by atoms with van der Waals surface area (Å²) in [6.45, 7) is 1.52. The van der Waals surface area contributed by atoms with Crippen molar-refractivity contribution in [3.05, 3.63) is 16.6 Å². The minimum Gasteiger partial charge on any atom is -0.378 e. The molecule has 1 aliphatic rings. The summed E-state index contributed by atoms with van der Waals surface area (Å²) in [6.07, 6.45) is 0.0487. The molecule has 1 aromatic rings. The van der Waals surface area contributed by atoms with E-state index in [0.29, 0.717) is 5.69 Å². The molecule has 0 unspecified atom stereocenters. The molecule has 0 aliphatic carbocycles. The van der Waals surface area contributed by atoms with E-state index in [1.54, 1.807) is 18.0 Å². The minimum absolute atomic E-state index is 0.0317. The largest absolute Gasteiger partial charge is 0.378 e. The van der Waals surface area contributed by atoms with Crippen LogP contribution in [0.1, 0.15) is 10.5 Å². The highest BCUT2D eigenvalue weighted by Gasteiger charge is 2.28. The van der Waals surface area contributed by atoms with Gasteiger partial charge in [-0.1, -0.05) is 0 Å². The van der Waals surface area contributed by atoms with Crippen LogP contribution in [0.4, 0.5) is 0 Å². The molecular weight excluding hydrogens is 214 g/mol. The number of methoxy groups -OCH3 is 1. The molecule has 1 amide bonds. The van der Waals surface area contributed by atoms with Crippen molar-refractivity contribution < 1.29 is 9.53 Å². The lowest BCUT2D eigenvalue weighted by Crippen LogP contribution is -2.43. The molecule has 2 rings (SSSR count). The van der Waals surface area contributed by atoms with Crippen LogP contribution in [0.3, 0.4) is 0 Å². The van der Waals surface area contributed by atoms with Crippen molar-refractivity contribution in [3.8, 4) is 0 Å². The van der Waals surface area contributed by atoms with E-state index in [-0.39, 0.29) is 18.1 Å². The lowest BCUT2D eigenvalue weighted by atomic mass is 10.2. The van der Waals surface area contributed by atoms with Crippen LogP contribution in [0.5, 0.6) is 0 Å². The smallest absolute Gasteiger partial charge is 0.271 e. The van der Waals surface area contributed by atoms with Crippen molar-refractivity contribution in [1.82, 2.24) is 15.6 Å². The Hall–Kier alpha value is -0.980. The van der Waals surface area contributed by atoms with Gasteiger partial charge in [0.25, 0.3) is 5.91 Å². The Labute approximate surface area is 91.9 Å². The summed E-state index contributed by atoms with van der Waals surface area (Å²) in [4.78, 5) is 15.6. The average Bonchev–Trinajstić information content (AvgIpc) is 2.87. The van der Waals surface area contributed by atoms with Gasteiger partial charge in [0.1, 0.15) is 5.69 Å². The van der Waals surface area contributed by atoms with Gasteiger partial charge in [0.2, 0.25) is 0 Å². The number of rotatable bonds is 3. The fourth-order valence-corrected chi connectivity index (χ4v) is 2.15. The number of hydrogen-bond donors (Lipinski definition) is 2. The Balaban J connectivity index is 1.94. The molecule has 1 aliphatic heterocycles. The molecule has 0 saturated carbocycles. The van der Waals surface area contributed by atoms with E-state index in [0.717, 1.165) is 13.1 Å². The number of nitrogens with one attached hydrogen (secondary N) is 2. The molecule has 1 saturated heterocycles. The summed E-state index contributed by atoms with van der Waals surface area (Å²) in [5.41, 5.74) is 2.12. The van der Waals surface area contributed by atoms with Gasteiger partial charge in [0.15, 0.2) is 0 Å². The van der Waals surface area contributed by atoms with Crippen molar-refractivity contribution in [2.24, 2.45) is 0 Å². The second kappa shape index (κ2) is 4.69. The molecule has 0 bridgehead atoms. The Morgan fingerprint density at radius 2 is 2.60 bits per heavy atom. The fraction of sp³-hybridized carbons (Fsp3) is 0.556. The summed E-state index contributed by atoms with van der Waals surface area (Å²) in [5.74, 6) is -0.132. The van der Waals surface area contributed by atoms with Crippen LogP contribution < -0.4 is 10.6 Å². The molecule has 1 fully saturated rings. The summed E-state index contributed by atoms with van der Waals surface area (Å²) in [7, 11) is 1.65.